The van der Waals surface area contributed by atoms with Crippen molar-refractivity contribution in [3.05, 3.63) is 27.7 Å². The fraction of sp³-hybridized carbons (Fsp3) is 0.471. The Bertz CT molecular complexity index is 693. The number of rotatable bonds is 4. The molecular formula is C17H20N2O3S. The van der Waals surface area contributed by atoms with Crippen LogP contribution < -0.4 is 5.32 Å². The first-order valence-corrected chi connectivity index (χ1v) is 8.38. The predicted octanol–water partition coefficient (Wildman–Crippen LogP) is 3.19. The molecule has 1 aromatic heterocycles. The van der Waals surface area contributed by atoms with Crippen molar-refractivity contribution in [1.82, 2.24) is 0 Å². The Balaban J connectivity index is 2.03. The number of hydrogen-bond acceptors (Lipinski definition) is 5. The van der Waals surface area contributed by atoms with Crippen LogP contribution in [0.3, 0.4) is 0 Å². The Morgan fingerprint density at radius 1 is 1.48 bits per heavy atom. The smallest absolute Gasteiger partial charge is 0.331 e. The van der Waals surface area contributed by atoms with E-state index in [1.165, 1.54) is 22.3 Å². The highest BCUT2D eigenvalue weighted by Gasteiger charge is 2.24. The van der Waals surface area contributed by atoms with E-state index in [2.05, 4.69) is 18.3 Å². The van der Waals surface area contributed by atoms with E-state index >= 15 is 0 Å². The monoisotopic (exact) mass is 332 g/mol. The topological polar surface area (TPSA) is 79.2 Å². The van der Waals surface area contributed by atoms with Crippen LogP contribution in [-0.2, 0) is 27.2 Å². The van der Waals surface area contributed by atoms with Gasteiger partial charge in [-0.15, -0.1) is 11.3 Å². The number of nitriles is 1. The molecule has 5 nitrogen and oxygen atoms in total. The second-order valence-electron chi connectivity index (χ2n) is 6.05. The molecule has 1 heterocycles. The number of esters is 1. The summed E-state index contributed by atoms with van der Waals surface area (Å²) in [5.41, 5.74) is 2.43. The van der Waals surface area contributed by atoms with E-state index in [1.807, 2.05) is 0 Å². The molecule has 0 fully saturated rings. The van der Waals surface area contributed by atoms with E-state index in [-0.39, 0.29) is 6.61 Å². The number of ether oxygens (including phenoxy) is 1. The summed E-state index contributed by atoms with van der Waals surface area (Å²) < 4.78 is 4.87. The minimum absolute atomic E-state index is 0.355. The molecule has 1 amide bonds. The lowest BCUT2D eigenvalue weighted by atomic mass is 9.89. The third-order valence-electron chi connectivity index (χ3n) is 3.63. The fourth-order valence-corrected chi connectivity index (χ4v) is 3.91. The van der Waals surface area contributed by atoms with Crippen LogP contribution >= 0.6 is 11.3 Å². The molecule has 1 N–H and O–H groups in total. The summed E-state index contributed by atoms with van der Waals surface area (Å²) in [7, 11) is 0. The van der Waals surface area contributed by atoms with Gasteiger partial charge in [-0.05, 0) is 44.6 Å². The number of nitrogens with zero attached hydrogens (tertiary/aromatic N) is 1. The molecular weight excluding hydrogens is 312 g/mol. The van der Waals surface area contributed by atoms with Crippen LogP contribution in [0.2, 0.25) is 0 Å². The molecule has 0 radical (unpaired) electrons. The van der Waals surface area contributed by atoms with Crippen LogP contribution in [0, 0.1) is 17.2 Å². The van der Waals surface area contributed by atoms with Crippen molar-refractivity contribution >= 4 is 28.2 Å². The number of allylic oxidation sites excluding steroid dienone is 1. The van der Waals surface area contributed by atoms with Gasteiger partial charge in [-0.2, -0.15) is 5.26 Å². The van der Waals surface area contributed by atoms with Crippen molar-refractivity contribution in [3.63, 3.8) is 0 Å². The third kappa shape index (κ3) is 4.42. The highest BCUT2D eigenvalue weighted by Crippen LogP contribution is 2.39. The molecule has 23 heavy (non-hydrogen) atoms. The van der Waals surface area contributed by atoms with Gasteiger partial charge < -0.3 is 10.1 Å². The first kappa shape index (κ1) is 17.2. The SMILES string of the molecule is CC(C)=CC(=O)OCC(=O)Nc1sc2c(c1C#N)CCC(C)C2. The van der Waals surface area contributed by atoms with Crippen LogP contribution in [0.5, 0.6) is 0 Å². The standard InChI is InChI=1S/C17H20N2O3S/c1-10(2)6-16(21)22-9-15(20)19-17-13(8-18)12-5-4-11(3)7-14(12)23-17/h6,11H,4-5,7,9H2,1-3H3,(H,19,20). The molecule has 0 saturated carbocycles. The number of thiophene rings is 1. The highest BCUT2D eigenvalue weighted by molar-refractivity contribution is 7.16. The average molecular weight is 332 g/mol. The Hall–Kier alpha value is -2.13. The number of amides is 1. The summed E-state index contributed by atoms with van der Waals surface area (Å²) in [5.74, 6) is -0.370. The van der Waals surface area contributed by atoms with Gasteiger partial charge >= 0.3 is 5.97 Å². The Labute approximate surface area is 139 Å². The van der Waals surface area contributed by atoms with Crippen molar-refractivity contribution in [2.24, 2.45) is 5.92 Å². The van der Waals surface area contributed by atoms with E-state index in [1.54, 1.807) is 13.8 Å². The molecule has 0 aliphatic heterocycles. The van der Waals surface area contributed by atoms with Gasteiger partial charge in [-0.3, -0.25) is 4.79 Å². The average Bonchev–Trinajstić information content (AvgIpc) is 2.80. The van der Waals surface area contributed by atoms with Gasteiger partial charge in [-0.25, -0.2) is 4.79 Å². The first-order chi connectivity index (χ1) is 10.9. The molecule has 1 aliphatic rings. The molecule has 1 atom stereocenters. The van der Waals surface area contributed by atoms with E-state index in [9.17, 15) is 14.9 Å². The van der Waals surface area contributed by atoms with Crippen molar-refractivity contribution < 1.29 is 14.3 Å². The predicted molar refractivity (Wildman–Crippen MR) is 89.2 cm³/mol. The molecule has 6 heteroatoms. The number of anilines is 1. The summed E-state index contributed by atoms with van der Waals surface area (Å²) >= 11 is 1.46. The molecule has 1 unspecified atom stereocenters. The number of hydrogen-bond donors (Lipinski definition) is 1. The van der Waals surface area contributed by atoms with E-state index in [0.717, 1.165) is 30.4 Å². The zero-order valence-electron chi connectivity index (χ0n) is 13.6. The van der Waals surface area contributed by atoms with E-state index in [4.69, 9.17) is 4.74 Å². The molecule has 2 rings (SSSR count). The number of carbonyl (C=O) groups is 2. The number of nitrogens with one attached hydrogen (secondary N) is 1. The number of carbonyl (C=O) groups excluding carboxylic acids is 2. The van der Waals surface area contributed by atoms with Gasteiger partial charge in [0.1, 0.15) is 11.1 Å². The lowest BCUT2D eigenvalue weighted by Gasteiger charge is -2.17. The van der Waals surface area contributed by atoms with Crippen molar-refractivity contribution in [2.75, 3.05) is 11.9 Å². The molecule has 122 valence electrons. The lowest BCUT2D eigenvalue weighted by Crippen LogP contribution is -2.20. The van der Waals surface area contributed by atoms with Crippen LogP contribution in [-0.4, -0.2) is 18.5 Å². The van der Waals surface area contributed by atoms with Gasteiger partial charge in [0.25, 0.3) is 5.91 Å². The van der Waals surface area contributed by atoms with Crippen LogP contribution in [0.1, 0.15) is 43.2 Å². The Morgan fingerprint density at radius 2 is 2.22 bits per heavy atom. The summed E-state index contributed by atoms with van der Waals surface area (Å²) in [6.07, 6.45) is 4.22. The summed E-state index contributed by atoms with van der Waals surface area (Å²) in [6, 6.07) is 2.19. The second-order valence-corrected chi connectivity index (χ2v) is 7.15. The normalized spacial score (nSPS) is 16.0. The van der Waals surface area contributed by atoms with Gasteiger partial charge in [0, 0.05) is 11.0 Å². The molecule has 1 aliphatic carbocycles. The third-order valence-corrected chi connectivity index (χ3v) is 4.80. The minimum Gasteiger partial charge on any atom is -0.452 e. The minimum atomic E-state index is -0.542. The Morgan fingerprint density at radius 3 is 2.87 bits per heavy atom. The maximum Gasteiger partial charge on any atom is 0.331 e. The maximum atomic E-state index is 11.9. The molecule has 1 aromatic rings. The van der Waals surface area contributed by atoms with Gasteiger partial charge in [0.15, 0.2) is 6.61 Å². The zero-order chi connectivity index (χ0) is 17.0. The van der Waals surface area contributed by atoms with E-state index < -0.39 is 11.9 Å². The summed E-state index contributed by atoms with van der Waals surface area (Å²) in [6.45, 7) is 5.39. The quantitative estimate of drug-likeness (QED) is 0.678. The van der Waals surface area contributed by atoms with Crippen LogP contribution in [0.4, 0.5) is 5.00 Å². The summed E-state index contributed by atoms with van der Waals surface area (Å²) in [5, 5.41) is 12.6. The Kier molecular flexibility index (Phi) is 5.56. The molecule has 0 spiro atoms. The molecule has 0 saturated heterocycles. The zero-order valence-corrected chi connectivity index (χ0v) is 14.4. The van der Waals surface area contributed by atoms with Gasteiger partial charge in [-0.1, -0.05) is 12.5 Å². The fourth-order valence-electron chi connectivity index (χ4n) is 2.53. The highest BCUT2D eigenvalue weighted by atomic mass is 32.1. The van der Waals surface area contributed by atoms with Crippen LogP contribution in [0.15, 0.2) is 11.6 Å². The van der Waals surface area contributed by atoms with Gasteiger partial charge in [0.2, 0.25) is 0 Å². The molecule has 0 bridgehead atoms. The van der Waals surface area contributed by atoms with Crippen molar-refractivity contribution in [3.8, 4) is 6.07 Å². The van der Waals surface area contributed by atoms with Crippen molar-refractivity contribution in [2.45, 2.75) is 40.0 Å². The molecule has 0 aromatic carbocycles. The van der Waals surface area contributed by atoms with Crippen molar-refractivity contribution in [1.29, 1.82) is 5.26 Å². The van der Waals surface area contributed by atoms with E-state index in [0.29, 0.717) is 16.5 Å². The first-order valence-electron chi connectivity index (χ1n) is 7.56. The second kappa shape index (κ2) is 7.42. The summed E-state index contributed by atoms with van der Waals surface area (Å²) in [4.78, 5) is 24.5. The lowest BCUT2D eigenvalue weighted by molar-refractivity contribution is -0.142. The van der Waals surface area contributed by atoms with Gasteiger partial charge in [0.05, 0.1) is 5.56 Å². The maximum absolute atomic E-state index is 11.9. The number of fused-ring (bicyclic) bond motifs is 1. The van der Waals surface area contributed by atoms with Crippen LogP contribution in [0.25, 0.3) is 0 Å². The largest absolute Gasteiger partial charge is 0.452 e.